The van der Waals surface area contributed by atoms with E-state index in [4.69, 9.17) is 11.6 Å². The van der Waals surface area contributed by atoms with Crippen molar-refractivity contribution in [2.75, 3.05) is 11.9 Å². The number of benzene rings is 1. The minimum atomic E-state index is -0.505. The zero-order valence-corrected chi connectivity index (χ0v) is 20.7. The molecule has 35 heavy (non-hydrogen) atoms. The van der Waals surface area contributed by atoms with Crippen molar-refractivity contribution in [3.63, 3.8) is 0 Å². The van der Waals surface area contributed by atoms with Gasteiger partial charge in [-0.15, -0.1) is 0 Å². The maximum Gasteiger partial charge on any atom is 0.228 e. The minimum Gasteiger partial charge on any atom is -0.396 e. The number of amides is 2. The molecular formula is C25H29ClFN5O3. The van der Waals surface area contributed by atoms with Crippen molar-refractivity contribution in [1.29, 1.82) is 0 Å². The second kappa shape index (κ2) is 10.3. The third kappa shape index (κ3) is 5.31. The highest BCUT2D eigenvalue weighted by Gasteiger charge is 2.28. The molecule has 0 saturated heterocycles. The first-order valence-electron chi connectivity index (χ1n) is 11.7. The number of carbonyl (C=O) groups is 2. The molecule has 186 valence electrons. The highest BCUT2D eigenvalue weighted by molar-refractivity contribution is 6.33. The van der Waals surface area contributed by atoms with E-state index in [9.17, 15) is 14.7 Å². The lowest BCUT2D eigenvalue weighted by Gasteiger charge is -2.28. The van der Waals surface area contributed by atoms with E-state index in [-0.39, 0.29) is 41.8 Å². The summed E-state index contributed by atoms with van der Waals surface area (Å²) in [5.74, 6) is -0.948. The van der Waals surface area contributed by atoms with Crippen LogP contribution in [0, 0.1) is 11.7 Å². The highest BCUT2D eigenvalue weighted by atomic mass is 35.5. The maximum atomic E-state index is 15.0. The molecule has 10 heteroatoms. The number of aliphatic hydroxyl groups excluding tert-OH is 1. The first-order chi connectivity index (χ1) is 16.7. The van der Waals surface area contributed by atoms with Crippen LogP contribution in [-0.2, 0) is 16.6 Å². The second-order valence-corrected chi connectivity index (χ2v) is 9.65. The molecule has 0 radical (unpaired) electrons. The van der Waals surface area contributed by atoms with Gasteiger partial charge in [0, 0.05) is 49.0 Å². The molecule has 2 amide bonds. The van der Waals surface area contributed by atoms with Crippen LogP contribution < -0.4 is 10.6 Å². The molecule has 3 aromatic rings. The second-order valence-electron chi connectivity index (χ2n) is 9.25. The smallest absolute Gasteiger partial charge is 0.228 e. The number of nitrogens with one attached hydrogen (secondary N) is 2. The maximum absolute atomic E-state index is 15.0. The zero-order valence-electron chi connectivity index (χ0n) is 19.9. The molecule has 1 aliphatic rings. The number of hydrogen-bond acceptors (Lipinski definition) is 5. The third-order valence-electron chi connectivity index (χ3n) is 6.55. The average Bonchev–Trinajstić information content (AvgIpc) is 3.16. The largest absolute Gasteiger partial charge is 0.396 e. The van der Waals surface area contributed by atoms with E-state index in [0.29, 0.717) is 39.5 Å². The van der Waals surface area contributed by atoms with E-state index in [0.717, 1.165) is 19.3 Å². The summed E-state index contributed by atoms with van der Waals surface area (Å²) in [6, 6.07) is 4.75. The fourth-order valence-corrected chi connectivity index (χ4v) is 5.12. The zero-order chi connectivity index (χ0) is 25.3. The van der Waals surface area contributed by atoms with Crippen LogP contribution in [0.2, 0.25) is 5.02 Å². The number of aromatic nitrogens is 3. The van der Waals surface area contributed by atoms with Gasteiger partial charge in [-0.2, -0.15) is 5.10 Å². The van der Waals surface area contributed by atoms with Gasteiger partial charge in [-0.05, 0) is 43.0 Å². The Morgan fingerprint density at radius 2 is 2.09 bits per heavy atom. The molecule has 8 nitrogen and oxygen atoms in total. The van der Waals surface area contributed by atoms with Crippen molar-refractivity contribution in [1.82, 2.24) is 20.1 Å². The number of carbonyl (C=O) groups excluding carboxylic acids is 2. The van der Waals surface area contributed by atoms with Gasteiger partial charge in [0.15, 0.2) is 5.82 Å². The Morgan fingerprint density at radius 1 is 1.31 bits per heavy atom. The van der Waals surface area contributed by atoms with E-state index in [1.165, 1.54) is 19.2 Å². The predicted octanol–water partition coefficient (Wildman–Crippen LogP) is 4.16. The van der Waals surface area contributed by atoms with Gasteiger partial charge in [0.2, 0.25) is 11.8 Å². The number of anilines is 1. The molecule has 1 unspecified atom stereocenters. The van der Waals surface area contributed by atoms with Crippen LogP contribution in [0.25, 0.3) is 22.0 Å². The number of rotatable bonds is 6. The summed E-state index contributed by atoms with van der Waals surface area (Å²) < 4.78 is 16.6. The summed E-state index contributed by atoms with van der Waals surface area (Å²) in [4.78, 5) is 28.5. The van der Waals surface area contributed by atoms with Crippen LogP contribution in [-0.4, -0.2) is 44.3 Å². The molecule has 3 N–H and O–H groups in total. The fraction of sp³-hybridized carbons (Fsp3) is 0.440. The number of fused-ring (bicyclic) bond motifs is 1. The monoisotopic (exact) mass is 501 g/mol. The van der Waals surface area contributed by atoms with Gasteiger partial charge in [0.1, 0.15) is 11.3 Å². The lowest BCUT2D eigenvalue weighted by Crippen LogP contribution is -2.40. The average molecular weight is 502 g/mol. The molecule has 4 rings (SSSR count). The first-order valence-corrected chi connectivity index (χ1v) is 12.1. The number of hydrogen-bond donors (Lipinski definition) is 3. The molecule has 0 spiro atoms. The van der Waals surface area contributed by atoms with E-state index in [1.807, 2.05) is 6.92 Å². The van der Waals surface area contributed by atoms with E-state index < -0.39 is 5.82 Å². The van der Waals surface area contributed by atoms with Crippen LogP contribution in [0.1, 0.15) is 51.1 Å². The van der Waals surface area contributed by atoms with Crippen molar-refractivity contribution in [2.45, 2.75) is 51.5 Å². The molecule has 3 atom stereocenters. The lowest BCUT2D eigenvalue weighted by atomic mass is 9.85. The molecule has 0 bridgehead atoms. The van der Waals surface area contributed by atoms with E-state index in [1.54, 1.807) is 23.9 Å². The van der Waals surface area contributed by atoms with Gasteiger partial charge in [-0.1, -0.05) is 24.9 Å². The summed E-state index contributed by atoms with van der Waals surface area (Å²) >= 11 is 6.42. The van der Waals surface area contributed by atoms with Gasteiger partial charge < -0.3 is 15.7 Å². The van der Waals surface area contributed by atoms with Crippen LogP contribution in [0.3, 0.4) is 0 Å². The van der Waals surface area contributed by atoms with Gasteiger partial charge in [0.05, 0.1) is 17.3 Å². The molecular weight excluding hydrogens is 473 g/mol. The predicted molar refractivity (Wildman–Crippen MR) is 133 cm³/mol. The first kappa shape index (κ1) is 25.1. The van der Waals surface area contributed by atoms with E-state index in [2.05, 4.69) is 20.7 Å². The SMILES string of the molecule is CC(=O)N[C@@H]1CCC[C@H](C(=O)Nc2cc(-c3cc(F)c4nn(C)c(C(C)CO)c4c3)c(Cl)cn2)C1. The van der Waals surface area contributed by atoms with Crippen LogP contribution in [0.15, 0.2) is 24.4 Å². The Hall–Kier alpha value is -3.04. The standard InChI is InChI=1S/C25H29ClFN5O3/c1-13(12-33)24-19-8-16(9-21(27)23(19)31-32(24)3)18-10-22(28-11-20(18)26)30-25(35)15-5-4-6-17(7-15)29-14(2)34/h8-11,13,15,17,33H,4-7,12H2,1-3H3,(H,29,34)(H,28,30,35)/t13?,15-,17+/m0/s1. The van der Waals surface area contributed by atoms with Crippen LogP contribution in [0.5, 0.6) is 0 Å². The van der Waals surface area contributed by atoms with Crippen LogP contribution >= 0.6 is 11.6 Å². The lowest BCUT2D eigenvalue weighted by molar-refractivity contribution is -0.123. The molecule has 1 aliphatic carbocycles. The van der Waals surface area contributed by atoms with Crippen molar-refractivity contribution in [2.24, 2.45) is 13.0 Å². The van der Waals surface area contributed by atoms with E-state index >= 15 is 4.39 Å². The van der Waals surface area contributed by atoms with Gasteiger partial charge in [-0.25, -0.2) is 9.37 Å². The summed E-state index contributed by atoms with van der Waals surface area (Å²) in [5, 5.41) is 20.6. The van der Waals surface area contributed by atoms with Gasteiger partial charge in [-0.3, -0.25) is 14.3 Å². The molecule has 1 aromatic carbocycles. The highest BCUT2D eigenvalue weighted by Crippen LogP contribution is 2.35. The normalized spacial score (nSPS) is 18.9. The Labute approximate surface area is 207 Å². The Morgan fingerprint density at radius 3 is 2.80 bits per heavy atom. The Balaban J connectivity index is 1.62. The molecule has 2 heterocycles. The third-order valence-corrected chi connectivity index (χ3v) is 6.85. The molecule has 1 fully saturated rings. The molecule has 1 saturated carbocycles. The Bertz CT molecular complexity index is 1280. The van der Waals surface area contributed by atoms with Crippen molar-refractivity contribution < 1.29 is 19.1 Å². The summed E-state index contributed by atoms with van der Waals surface area (Å²) in [7, 11) is 1.72. The number of halogens is 2. The fourth-order valence-electron chi connectivity index (χ4n) is 4.90. The Kier molecular flexibility index (Phi) is 7.37. The number of nitrogens with zero attached hydrogens (tertiary/aromatic N) is 3. The topological polar surface area (TPSA) is 109 Å². The number of aryl methyl sites for hydroxylation is 1. The summed E-state index contributed by atoms with van der Waals surface area (Å²) in [6.45, 7) is 3.22. The minimum absolute atomic E-state index is 0.0181. The summed E-state index contributed by atoms with van der Waals surface area (Å²) in [6.07, 6.45) is 4.43. The van der Waals surface area contributed by atoms with Crippen molar-refractivity contribution >= 4 is 40.1 Å². The number of pyridine rings is 1. The van der Waals surface area contributed by atoms with Crippen molar-refractivity contribution in [3.8, 4) is 11.1 Å². The number of aliphatic hydroxyl groups is 1. The van der Waals surface area contributed by atoms with Gasteiger partial charge >= 0.3 is 0 Å². The quantitative estimate of drug-likeness (QED) is 0.470. The van der Waals surface area contributed by atoms with Crippen LogP contribution in [0.4, 0.5) is 10.2 Å². The molecule has 2 aromatic heterocycles. The van der Waals surface area contributed by atoms with Crippen molar-refractivity contribution in [3.05, 3.63) is 40.9 Å². The molecule has 0 aliphatic heterocycles. The van der Waals surface area contributed by atoms with Gasteiger partial charge in [0.25, 0.3) is 0 Å². The summed E-state index contributed by atoms with van der Waals surface area (Å²) in [5.41, 5.74) is 1.97.